The zero-order chi connectivity index (χ0) is 21.4. The predicted molar refractivity (Wildman–Crippen MR) is 125 cm³/mol. The summed E-state index contributed by atoms with van der Waals surface area (Å²) in [4.78, 5) is 3.54. The molecular weight excluding hydrogens is 392 g/mol. The largest absolute Gasteiger partial charge is 0.473 e. The molecule has 1 aliphatic rings. The lowest BCUT2D eigenvalue weighted by molar-refractivity contribution is 0.149. The molecule has 0 aliphatic carbocycles. The van der Waals surface area contributed by atoms with Crippen LogP contribution in [0.25, 0.3) is 22.8 Å². The predicted octanol–water partition coefficient (Wildman–Crippen LogP) is 5.10. The maximum Gasteiger partial charge on any atom is 0.219 e. The van der Waals surface area contributed by atoms with Gasteiger partial charge in [0.2, 0.25) is 5.88 Å². The van der Waals surface area contributed by atoms with Crippen molar-refractivity contribution in [3.8, 4) is 17.0 Å². The summed E-state index contributed by atoms with van der Waals surface area (Å²) in [6.07, 6.45) is 6.16. The Morgan fingerprint density at radius 3 is 2.77 bits per heavy atom. The number of hydrogen-bond donors (Lipinski definition) is 0. The highest BCUT2D eigenvalue weighted by molar-refractivity contribution is 7.06. The Morgan fingerprint density at radius 1 is 1.17 bits per heavy atom. The summed E-state index contributed by atoms with van der Waals surface area (Å²) in [6.45, 7) is 12.3. The maximum atomic E-state index is 6.37. The van der Waals surface area contributed by atoms with Crippen LogP contribution in [0.3, 0.4) is 0 Å². The lowest BCUT2D eigenvalue weighted by atomic mass is 9.96. The van der Waals surface area contributed by atoms with Gasteiger partial charge >= 0.3 is 0 Å². The van der Waals surface area contributed by atoms with Crippen LogP contribution in [0.4, 0.5) is 0 Å². The van der Waals surface area contributed by atoms with Crippen LogP contribution >= 0.6 is 11.5 Å². The number of aromatic nitrogens is 3. The average molecular weight is 421 g/mol. The molecule has 1 atom stereocenters. The molecule has 0 amide bonds. The first-order valence-corrected chi connectivity index (χ1v) is 10.9. The first-order chi connectivity index (χ1) is 14.3. The normalized spacial score (nSPS) is 18.7. The summed E-state index contributed by atoms with van der Waals surface area (Å²) in [5.41, 5.74) is 7.63. The minimum Gasteiger partial charge on any atom is -0.473 e. The molecule has 3 aromatic rings. The summed E-state index contributed by atoms with van der Waals surface area (Å²) < 4.78 is 12.8. The smallest absolute Gasteiger partial charge is 0.219 e. The Kier molecular flexibility index (Phi) is 5.62. The van der Waals surface area contributed by atoms with Crippen molar-refractivity contribution in [2.24, 2.45) is 7.05 Å². The van der Waals surface area contributed by atoms with Crippen molar-refractivity contribution in [1.82, 2.24) is 19.1 Å². The fourth-order valence-corrected chi connectivity index (χ4v) is 4.84. The number of ether oxygens (including phenoxy) is 1. The Hall–Kier alpha value is -2.70. The summed E-state index contributed by atoms with van der Waals surface area (Å²) in [5.74, 6) is 0.788. The van der Waals surface area contributed by atoms with E-state index in [1.165, 1.54) is 16.0 Å². The lowest BCUT2D eigenvalue weighted by Crippen LogP contribution is -2.31. The molecule has 1 aromatic carbocycles. The first kappa shape index (κ1) is 20.6. The number of allylic oxidation sites excluding steroid dienone is 2. The van der Waals surface area contributed by atoms with Crippen molar-refractivity contribution in [3.05, 3.63) is 64.3 Å². The number of aryl methyl sites for hydroxylation is 3. The first-order valence-electron chi connectivity index (χ1n) is 10.1. The molecule has 0 saturated heterocycles. The molecule has 3 heterocycles. The topological polar surface area (TPSA) is 43.2 Å². The average Bonchev–Trinajstić information content (AvgIpc) is 3.22. The van der Waals surface area contributed by atoms with E-state index in [9.17, 15) is 0 Å². The molecule has 0 fully saturated rings. The van der Waals surface area contributed by atoms with E-state index < -0.39 is 0 Å². The standard InChI is InChI=1S/C24H28N4OS/c1-15-7-9-19-11-21(15)16(2)8-10-20-18(4)26-30-23(20)14-27(5)13-17(3)29-24-22(19)12-25-28(24)6/h7-12,17H,2,13-14H2,1,3-6H3/b10-8+/t17-/m0/s1. The van der Waals surface area contributed by atoms with Gasteiger partial charge in [-0.1, -0.05) is 30.9 Å². The van der Waals surface area contributed by atoms with Crippen molar-refractivity contribution in [1.29, 1.82) is 0 Å². The molecule has 2 bridgehead atoms. The number of fused-ring (bicyclic) bond motifs is 5. The van der Waals surface area contributed by atoms with Crippen LogP contribution in [0.15, 0.2) is 37.1 Å². The third-order valence-corrected chi connectivity index (χ3v) is 6.44. The molecule has 0 radical (unpaired) electrons. The van der Waals surface area contributed by atoms with Gasteiger partial charge in [-0.2, -0.15) is 9.47 Å². The summed E-state index contributed by atoms with van der Waals surface area (Å²) in [5, 5.41) is 4.46. The molecule has 4 rings (SSSR count). The van der Waals surface area contributed by atoms with E-state index in [4.69, 9.17) is 4.74 Å². The van der Waals surface area contributed by atoms with Crippen molar-refractivity contribution in [2.75, 3.05) is 13.6 Å². The number of benzene rings is 1. The lowest BCUT2D eigenvalue weighted by Gasteiger charge is -2.22. The molecule has 156 valence electrons. The fourth-order valence-electron chi connectivity index (χ4n) is 3.90. The van der Waals surface area contributed by atoms with Gasteiger partial charge in [0.05, 0.1) is 17.5 Å². The van der Waals surface area contributed by atoms with E-state index in [0.717, 1.165) is 46.9 Å². The Morgan fingerprint density at radius 2 is 1.97 bits per heavy atom. The minimum atomic E-state index is 0.0159. The molecule has 0 unspecified atom stereocenters. The van der Waals surface area contributed by atoms with E-state index >= 15 is 0 Å². The molecule has 6 heteroatoms. The van der Waals surface area contributed by atoms with Crippen LogP contribution in [0, 0.1) is 13.8 Å². The molecule has 5 nitrogen and oxygen atoms in total. The summed E-state index contributed by atoms with van der Waals surface area (Å²) >= 11 is 1.57. The van der Waals surface area contributed by atoms with Crippen molar-refractivity contribution < 1.29 is 4.74 Å². The molecule has 0 spiro atoms. The molecule has 2 aromatic heterocycles. The SMILES string of the molecule is C=C1/C=C/c2c(C)nsc2CN(C)C[C@H](C)Oc2c(cnn2C)-c2ccc(C)c1c2. The summed E-state index contributed by atoms with van der Waals surface area (Å²) in [6, 6.07) is 6.44. The van der Waals surface area contributed by atoms with Gasteiger partial charge in [-0.3, -0.25) is 4.90 Å². The number of nitrogens with zero attached hydrogens (tertiary/aromatic N) is 4. The van der Waals surface area contributed by atoms with Gasteiger partial charge in [-0.15, -0.1) is 0 Å². The zero-order valence-electron chi connectivity index (χ0n) is 18.3. The van der Waals surface area contributed by atoms with Crippen LogP contribution in [0.2, 0.25) is 0 Å². The number of rotatable bonds is 0. The van der Waals surface area contributed by atoms with Crippen molar-refractivity contribution in [2.45, 2.75) is 33.4 Å². The van der Waals surface area contributed by atoms with Gasteiger partial charge < -0.3 is 4.74 Å². The molecule has 30 heavy (non-hydrogen) atoms. The van der Waals surface area contributed by atoms with Gasteiger partial charge in [-0.25, -0.2) is 4.68 Å². The second-order valence-corrected chi connectivity index (χ2v) is 8.96. The Labute approximate surface area is 182 Å². The third-order valence-electron chi connectivity index (χ3n) is 5.51. The van der Waals surface area contributed by atoms with Gasteiger partial charge in [-0.05, 0) is 67.7 Å². The number of likely N-dealkylation sites (N-methyl/N-ethyl adjacent to an activating group) is 1. The van der Waals surface area contributed by atoms with Crippen LogP contribution in [0.5, 0.6) is 5.88 Å². The molecular formula is C24H28N4OS. The molecule has 0 N–H and O–H groups in total. The van der Waals surface area contributed by atoms with Gasteiger partial charge in [0.1, 0.15) is 6.10 Å². The molecule has 0 saturated carbocycles. The fraction of sp³-hybridized carbons (Fsp3) is 0.333. The van der Waals surface area contributed by atoms with E-state index in [1.807, 2.05) is 17.9 Å². The second kappa shape index (κ2) is 8.20. The highest BCUT2D eigenvalue weighted by atomic mass is 32.1. The third kappa shape index (κ3) is 3.98. The summed E-state index contributed by atoms with van der Waals surface area (Å²) in [7, 11) is 4.04. The van der Waals surface area contributed by atoms with Crippen LogP contribution < -0.4 is 4.74 Å². The van der Waals surface area contributed by atoms with Crippen LogP contribution in [-0.2, 0) is 13.6 Å². The van der Waals surface area contributed by atoms with Crippen molar-refractivity contribution in [3.63, 3.8) is 0 Å². The monoisotopic (exact) mass is 420 g/mol. The highest BCUT2D eigenvalue weighted by Crippen LogP contribution is 2.34. The second-order valence-electron chi connectivity index (χ2n) is 8.11. The van der Waals surface area contributed by atoms with Gasteiger partial charge in [0.15, 0.2) is 0 Å². The van der Waals surface area contributed by atoms with E-state index in [0.29, 0.717) is 0 Å². The quantitative estimate of drug-likeness (QED) is 0.507. The Bertz CT molecular complexity index is 1120. The highest BCUT2D eigenvalue weighted by Gasteiger charge is 2.19. The van der Waals surface area contributed by atoms with Crippen molar-refractivity contribution >= 4 is 23.2 Å². The number of hydrogen-bond acceptors (Lipinski definition) is 5. The molecule has 1 aliphatic heterocycles. The van der Waals surface area contributed by atoms with Crippen LogP contribution in [-0.4, -0.2) is 38.8 Å². The Balaban J connectivity index is 1.84. The zero-order valence-corrected chi connectivity index (χ0v) is 19.1. The van der Waals surface area contributed by atoms with E-state index in [1.54, 1.807) is 11.5 Å². The van der Waals surface area contributed by atoms with E-state index in [2.05, 4.69) is 79.1 Å². The maximum absolute atomic E-state index is 6.37. The van der Waals surface area contributed by atoms with Gasteiger partial charge in [0.25, 0.3) is 0 Å². The van der Waals surface area contributed by atoms with Crippen LogP contribution in [0.1, 0.15) is 34.2 Å². The van der Waals surface area contributed by atoms with Gasteiger partial charge in [0, 0.05) is 30.6 Å². The minimum absolute atomic E-state index is 0.0159. The van der Waals surface area contributed by atoms with E-state index in [-0.39, 0.29) is 6.10 Å².